The predicted molar refractivity (Wildman–Crippen MR) is 96.2 cm³/mol. The lowest BCUT2D eigenvalue weighted by Gasteiger charge is -2.05. The Balaban J connectivity index is 1.72. The van der Waals surface area contributed by atoms with Gasteiger partial charge in [-0.15, -0.1) is 0 Å². The van der Waals surface area contributed by atoms with E-state index in [4.69, 9.17) is 11.6 Å². The molecule has 0 unspecified atom stereocenters. The zero-order chi connectivity index (χ0) is 17.4. The van der Waals surface area contributed by atoms with E-state index in [0.717, 1.165) is 16.8 Å². The SMILES string of the molecule is Cc1cccc(NC(=O)CCC(=O)N/N=C\c2ccc(Cl)cc2)c1. The van der Waals surface area contributed by atoms with Crippen molar-refractivity contribution in [3.05, 3.63) is 64.7 Å². The van der Waals surface area contributed by atoms with Crippen molar-refractivity contribution in [1.82, 2.24) is 5.43 Å². The highest BCUT2D eigenvalue weighted by molar-refractivity contribution is 6.30. The number of amides is 2. The molecular formula is C18H18ClN3O2. The van der Waals surface area contributed by atoms with Gasteiger partial charge in [-0.05, 0) is 42.3 Å². The van der Waals surface area contributed by atoms with Crippen LogP contribution in [0.15, 0.2) is 53.6 Å². The Bertz CT molecular complexity index is 742. The van der Waals surface area contributed by atoms with Crippen LogP contribution in [0.2, 0.25) is 5.02 Å². The van der Waals surface area contributed by atoms with E-state index in [2.05, 4.69) is 15.8 Å². The third-order valence-corrected chi connectivity index (χ3v) is 3.41. The molecule has 0 fully saturated rings. The summed E-state index contributed by atoms with van der Waals surface area (Å²) < 4.78 is 0. The van der Waals surface area contributed by atoms with Gasteiger partial charge in [-0.1, -0.05) is 35.9 Å². The van der Waals surface area contributed by atoms with E-state index in [1.807, 2.05) is 25.1 Å². The van der Waals surface area contributed by atoms with Crippen LogP contribution in [0.1, 0.15) is 24.0 Å². The normalized spacial score (nSPS) is 10.6. The van der Waals surface area contributed by atoms with Crippen LogP contribution in [0, 0.1) is 6.92 Å². The maximum absolute atomic E-state index is 11.8. The zero-order valence-corrected chi connectivity index (χ0v) is 14.0. The van der Waals surface area contributed by atoms with E-state index >= 15 is 0 Å². The van der Waals surface area contributed by atoms with E-state index in [1.165, 1.54) is 6.21 Å². The Morgan fingerprint density at radius 1 is 1.08 bits per heavy atom. The highest BCUT2D eigenvalue weighted by atomic mass is 35.5. The van der Waals surface area contributed by atoms with E-state index in [-0.39, 0.29) is 24.7 Å². The minimum Gasteiger partial charge on any atom is -0.326 e. The summed E-state index contributed by atoms with van der Waals surface area (Å²) in [4.78, 5) is 23.5. The van der Waals surface area contributed by atoms with Crippen molar-refractivity contribution in [2.24, 2.45) is 5.10 Å². The highest BCUT2D eigenvalue weighted by Crippen LogP contribution is 2.10. The van der Waals surface area contributed by atoms with Crippen molar-refractivity contribution in [3.63, 3.8) is 0 Å². The molecule has 0 saturated carbocycles. The van der Waals surface area contributed by atoms with Crippen LogP contribution in [0.5, 0.6) is 0 Å². The molecule has 5 nitrogen and oxygen atoms in total. The first-order chi connectivity index (χ1) is 11.5. The van der Waals surface area contributed by atoms with Gasteiger partial charge in [0.15, 0.2) is 0 Å². The van der Waals surface area contributed by atoms with Gasteiger partial charge in [-0.25, -0.2) is 5.43 Å². The van der Waals surface area contributed by atoms with Crippen molar-refractivity contribution in [3.8, 4) is 0 Å². The van der Waals surface area contributed by atoms with Crippen LogP contribution >= 0.6 is 11.6 Å². The van der Waals surface area contributed by atoms with E-state index in [1.54, 1.807) is 30.3 Å². The number of benzene rings is 2. The number of hydrogen-bond donors (Lipinski definition) is 2. The van der Waals surface area contributed by atoms with Crippen molar-refractivity contribution in [2.45, 2.75) is 19.8 Å². The fourth-order valence-electron chi connectivity index (χ4n) is 1.96. The molecule has 2 aromatic rings. The number of anilines is 1. The number of hydrazone groups is 1. The van der Waals surface area contributed by atoms with E-state index in [0.29, 0.717) is 5.02 Å². The quantitative estimate of drug-likeness (QED) is 0.622. The minimum atomic E-state index is -0.320. The van der Waals surface area contributed by atoms with Gasteiger partial charge in [-0.2, -0.15) is 5.10 Å². The number of rotatable bonds is 6. The molecule has 0 aromatic heterocycles. The van der Waals surface area contributed by atoms with Crippen LogP contribution in [0.25, 0.3) is 0 Å². The third-order valence-electron chi connectivity index (χ3n) is 3.15. The van der Waals surface area contributed by atoms with Crippen molar-refractivity contribution in [2.75, 3.05) is 5.32 Å². The molecule has 0 aliphatic carbocycles. The van der Waals surface area contributed by atoms with Gasteiger partial charge in [0, 0.05) is 23.6 Å². The van der Waals surface area contributed by atoms with Gasteiger partial charge in [-0.3, -0.25) is 9.59 Å². The molecule has 2 aromatic carbocycles. The molecular weight excluding hydrogens is 326 g/mol. The molecule has 124 valence electrons. The first-order valence-corrected chi connectivity index (χ1v) is 7.85. The summed E-state index contributed by atoms with van der Waals surface area (Å²) in [6, 6.07) is 14.5. The lowest BCUT2D eigenvalue weighted by molar-refractivity contribution is -0.124. The van der Waals surface area contributed by atoms with Gasteiger partial charge < -0.3 is 5.32 Å². The Morgan fingerprint density at radius 2 is 1.79 bits per heavy atom. The molecule has 0 bridgehead atoms. The summed E-state index contributed by atoms with van der Waals surface area (Å²) in [5.41, 5.74) is 4.99. The first kappa shape index (κ1) is 17.7. The number of nitrogens with zero attached hydrogens (tertiary/aromatic N) is 1. The first-order valence-electron chi connectivity index (χ1n) is 7.47. The molecule has 2 amide bonds. The largest absolute Gasteiger partial charge is 0.326 e. The smallest absolute Gasteiger partial charge is 0.240 e. The van der Waals surface area contributed by atoms with Crippen molar-refractivity contribution < 1.29 is 9.59 Å². The summed E-state index contributed by atoms with van der Waals surface area (Å²) >= 11 is 5.78. The number of carbonyl (C=O) groups is 2. The Hall–Kier alpha value is -2.66. The molecule has 24 heavy (non-hydrogen) atoms. The number of aryl methyl sites for hydroxylation is 1. The second kappa shape index (κ2) is 8.84. The average Bonchev–Trinajstić information content (AvgIpc) is 2.55. The minimum absolute atomic E-state index is 0.0651. The van der Waals surface area contributed by atoms with Gasteiger partial charge in [0.1, 0.15) is 0 Å². The standard InChI is InChI=1S/C18H18ClN3O2/c1-13-3-2-4-16(11-13)21-17(23)9-10-18(24)22-20-12-14-5-7-15(19)8-6-14/h2-8,11-12H,9-10H2,1H3,(H,21,23)(H,22,24)/b20-12-. The monoisotopic (exact) mass is 343 g/mol. The van der Waals surface area contributed by atoms with Gasteiger partial charge in [0.2, 0.25) is 11.8 Å². The molecule has 2 rings (SSSR count). The number of halogens is 1. The van der Waals surface area contributed by atoms with E-state index < -0.39 is 0 Å². The summed E-state index contributed by atoms with van der Waals surface area (Å²) in [7, 11) is 0. The van der Waals surface area contributed by atoms with Crippen LogP contribution in [0.4, 0.5) is 5.69 Å². The molecule has 0 atom stereocenters. The number of nitrogens with one attached hydrogen (secondary N) is 2. The lowest BCUT2D eigenvalue weighted by Crippen LogP contribution is -2.20. The van der Waals surface area contributed by atoms with Crippen LogP contribution in [-0.2, 0) is 9.59 Å². The number of hydrogen-bond acceptors (Lipinski definition) is 3. The number of carbonyl (C=O) groups excluding carboxylic acids is 2. The van der Waals surface area contributed by atoms with Crippen molar-refractivity contribution in [1.29, 1.82) is 0 Å². The van der Waals surface area contributed by atoms with Crippen LogP contribution in [0.3, 0.4) is 0 Å². The molecule has 0 spiro atoms. The average molecular weight is 344 g/mol. The van der Waals surface area contributed by atoms with Gasteiger partial charge in [0.25, 0.3) is 0 Å². The molecule has 0 aliphatic heterocycles. The Morgan fingerprint density at radius 3 is 2.50 bits per heavy atom. The molecule has 2 N–H and O–H groups in total. The molecule has 0 saturated heterocycles. The Kier molecular flexibility index (Phi) is 6.51. The second-order valence-electron chi connectivity index (χ2n) is 5.26. The van der Waals surface area contributed by atoms with Gasteiger partial charge >= 0.3 is 0 Å². The van der Waals surface area contributed by atoms with Crippen LogP contribution < -0.4 is 10.7 Å². The van der Waals surface area contributed by atoms with Gasteiger partial charge in [0.05, 0.1) is 6.21 Å². The van der Waals surface area contributed by atoms with Crippen molar-refractivity contribution >= 4 is 35.3 Å². The molecule has 6 heteroatoms. The summed E-state index contributed by atoms with van der Waals surface area (Å²) in [6.07, 6.45) is 1.67. The molecule has 0 aliphatic rings. The predicted octanol–water partition coefficient (Wildman–Crippen LogP) is 3.52. The second-order valence-corrected chi connectivity index (χ2v) is 5.70. The third kappa shape index (κ3) is 6.22. The summed E-state index contributed by atoms with van der Waals surface area (Å²) in [5, 5.41) is 7.24. The summed E-state index contributed by atoms with van der Waals surface area (Å²) in [6.45, 7) is 1.95. The Labute approximate surface area is 145 Å². The maximum Gasteiger partial charge on any atom is 0.240 e. The fourth-order valence-corrected chi connectivity index (χ4v) is 2.08. The zero-order valence-electron chi connectivity index (χ0n) is 13.3. The van der Waals surface area contributed by atoms with E-state index in [9.17, 15) is 9.59 Å². The van der Waals surface area contributed by atoms with Crippen LogP contribution in [-0.4, -0.2) is 18.0 Å². The lowest BCUT2D eigenvalue weighted by atomic mass is 10.2. The topological polar surface area (TPSA) is 70.6 Å². The molecule has 0 heterocycles. The fraction of sp³-hybridized carbons (Fsp3) is 0.167. The highest BCUT2D eigenvalue weighted by Gasteiger charge is 2.06. The maximum atomic E-state index is 11.8. The molecule has 0 radical (unpaired) electrons. The summed E-state index contributed by atoms with van der Waals surface area (Å²) in [5.74, 6) is -0.531.